The van der Waals surface area contributed by atoms with Crippen molar-refractivity contribution in [2.24, 2.45) is 7.05 Å². The summed E-state index contributed by atoms with van der Waals surface area (Å²) in [5.74, 6) is -0.154. The number of aromatic nitrogens is 3. The molecule has 0 amide bonds. The van der Waals surface area contributed by atoms with Gasteiger partial charge >= 0.3 is 5.82 Å². The molecule has 94 valence electrons. The van der Waals surface area contributed by atoms with Gasteiger partial charge < -0.3 is 15.4 Å². The van der Waals surface area contributed by atoms with Crippen LogP contribution in [-0.2, 0) is 13.5 Å². The Morgan fingerprint density at radius 2 is 2.33 bits per heavy atom. The second-order valence-corrected chi connectivity index (χ2v) is 3.79. The van der Waals surface area contributed by atoms with Gasteiger partial charge in [0.1, 0.15) is 11.9 Å². The summed E-state index contributed by atoms with van der Waals surface area (Å²) in [6.07, 6.45) is 3.97. The standard InChI is InChI=1S/C11H13N5O2/c1-15-8-5-9(14-15)4-7-12-10-3-2-6-13-11(10)16(17)18/h2-3,5-6,8,12H,4,7H2,1H3. The van der Waals surface area contributed by atoms with Crippen LogP contribution in [0.1, 0.15) is 5.69 Å². The minimum Gasteiger partial charge on any atom is -0.378 e. The van der Waals surface area contributed by atoms with E-state index in [1.54, 1.807) is 16.8 Å². The Bertz CT molecular complexity index is 552. The Labute approximate surface area is 104 Å². The predicted molar refractivity (Wildman–Crippen MR) is 66.3 cm³/mol. The summed E-state index contributed by atoms with van der Waals surface area (Å²) < 4.78 is 1.72. The van der Waals surface area contributed by atoms with E-state index >= 15 is 0 Å². The molecule has 0 fully saturated rings. The van der Waals surface area contributed by atoms with Gasteiger partial charge in [0.25, 0.3) is 0 Å². The highest BCUT2D eigenvalue weighted by molar-refractivity contribution is 5.56. The maximum atomic E-state index is 10.7. The molecule has 0 unspecified atom stereocenters. The molecular formula is C11H13N5O2. The van der Waals surface area contributed by atoms with Crippen LogP contribution < -0.4 is 5.32 Å². The number of anilines is 1. The summed E-state index contributed by atoms with van der Waals surface area (Å²) in [7, 11) is 1.85. The number of hydrogen-bond donors (Lipinski definition) is 1. The number of nitrogens with zero attached hydrogens (tertiary/aromatic N) is 4. The van der Waals surface area contributed by atoms with Crippen molar-refractivity contribution in [2.45, 2.75) is 6.42 Å². The third-order valence-electron chi connectivity index (χ3n) is 2.43. The summed E-state index contributed by atoms with van der Waals surface area (Å²) >= 11 is 0. The minimum atomic E-state index is -0.497. The fraction of sp³-hybridized carbons (Fsp3) is 0.273. The molecule has 0 aliphatic heterocycles. The van der Waals surface area contributed by atoms with Crippen LogP contribution in [0.5, 0.6) is 0 Å². The van der Waals surface area contributed by atoms with E-state index in [0.717, 1.165) is 5.69 Å². The topological polar surface area (TPSA) is 85.9 Å². The Morgan fingerprint density at radius 1 is 1.50 bits per heavy atom. The average Bonchev–Trinajstić information content (AvgIpc) is 2.75. The van der Waals surface area contributed by atoms with Crippen LogP contribution in [0.25, 0.3) is 0 Å². The Kier molecular flexibility index (Phi) is 3.52. The molecule has 2 rings (SSSR count). The molecule has 2 aromatic heterocycles. The maximum Gasteiger partial charge on any atom is 0.386 e. The van der Waals surface area contributed by atoms with Crippen LogP contribution >= 0.6 is 0 Å². The van der Waals surface area contributed by atoms with Crippen LogP contribution in [0.3, 0.4) is 0 Å². The smallest absolute Gasteiger partial charge is 0.378 e. The minimum absolute atomic E-state index is 0.154. The third-order valence-corrected chi connectivity index (χ3v) is 2.43. The molecule has 0 atom stereocenters. The van der Waals surface area contributed by atoms with Crippen LogP contribution in [0.4, 0.5) is 11.5 Å². The highest BCUT2D eigenvalue weighted by atomic mass is 16.6. The summed E-state index contributed by atoms with van der Waals surface area (Å²) in [5.41, 5.74) is 1.37. The average molecular weight is 247 g/mol. The summed E-state index contributed by atoms with van der Waals surface area (Å²) in [6.45, 7) is 0.573. The van der Waals surface area contributed by atoms with Crippen molar-refractivity contribution in [1.29, 1.82) is 0 Å². The van der Waals surface area contributed by atoms with E-state index in [0.29, 0.717) is 18.7 Å². The second kappa shape index (κ2) is 5.26. The Hall–Kier alpha value is -2.44. The molecule has 0 saturated carbocycles. The monoisotopic (exact) mass is 247 g/mol. The molecule has 7 nitrogen and oxygen atoms in total. The summed E-state index contributed by atoms with van der Waals surface area (Å²) in [5, 5.41) is 18.0. The van der Waals surface area contributed by atoms with E-state index in [4.69, 9.17) is 0 Å². The van der Waals surface area contributed by atoms with Crippen molar-refractivity contribution in [3.63, 3.8) is 0 Å². The lowest BCUT2D eigenvalue weighted by Crippen LogP contribution is -2.08. The fourth-order valence-electron chi connectivity index (χ4n) is 1.60. The van der Waals surface area contributed by atoms with Gasteiger partial charge in [-0.1, -0.05) is 0 Å². The normalized spacial score (nSPS) is 10.3. The van der Waals surface area contributed by atoms with Crippen LogP contribution in [0.2, 0.25) is 0 Å². The van der Waals surface area contributed by atoms with Crippen molar-refractivity contribution in [3.8, 4) is 0 Å². The molecule has 18 heavy (non-hydrogen) atoms. The van der Waals surface area contributed by atoms with E-state index in [1.165, 1.54) is 6.20 Å². The van der Waals surface area contributed by atoms with E-state index < -0.39 is 4.92 Å². The van der Waals surface area contributed by atoms with Gasteiger partial charge in [-0.25, -0.2) is 0 Å². The van der Waals surface area contributed by atoms with Gasteiger partial charge in [0.2, 0.25) is 0 Å². The van der Waals surface area contributed by atoms with Crippen molar-refractivity contribution < 1.29 is 4.92 Å². The highest BCUT2D eigenvalue weighted by Crippen LogP contribution is 2.19. The first-order valence-corrected chi connectivity index (χ1v) is 5.48. The van der Waals surface area contributed by atoms with Crippen molar-refractivity contribution >= 4 is 11.5 Å². The lowest BCUT2D eigenvalue weighted by Gasteiger charge is -2.04. The number of nitro groups is 1. The lowest BCUT2D eigenvalue weighted by atomic mass is 10.3. The molecule has 1 N–H and O–H groups in total. The van der Waals surface area contributed by atoms with Gasteiger partial charge in [0, 0.05) is 26.2 Å². The Balaban J connectivity index is 1.96. The van der Waals surface area contributed by atoms with Crippen molar-refractivity contribution in [2.75, 3.05) is 11.9 Å². The molecule has 7 heteroatoms. The SMILES string of the molecule is Cn1ccc(CCNc2cccnc2[N+](=O)[O-])n1. The van der Waals surface area contributed by atoms with E-state index in [1.807, 2.05) is 19.3 Å². The molecule has 0 aliphatic carbocycles. The molecule has 2 aromatic rings. The summed E-state index contributed by atoms with van der Waals surface area (Å²) in [4.78, 5) is 14.0. The van der Waals surface area contributed by atoms with Crippen LogP contribution in [0, 0.1) is 10.1 Å². The first-order valence-electron chi connectivity index (χ1n) is 5.48. The number of nitrogens with one attached hydrogen (secondary N) is 1. The van der Waals surface area contributed by atoms with Crippen molar-refractivity contribution in [3.05, 3.63) is 46.4 Å². The number of aryl methyl sites for hydroxylation is 1. The lowest BCUT2D eigenvalue weighted by molar-refractivity contribution is -0.388. The van der Waals surface area contributed by atoms with Gasteiger partial charge in [-0.15, -0.1) is 0 Å². The number of hydrogen-bond acceptors (Lipinski definition) is 5. The van der Waals surface area contributed by atoms with Gasteiger partial charge in [-0.3, -0.25) is 4.68 Å². The molecule has 0 aromatic carbocycles. The fourth-order valence-corrected chi connectivity index (χ4v) is 1.60. The number of rotatable bonds is 5. The quantitative estimate of drug-likeness (QED) is 0.637. The van der Waals surface area contributed by atoms with E-state index in [9.17, 15) is 10.1 Å². The molecule has 0 spiro atoms. The highest BCUT2D eigenvalue weighted by Gasteiger charge is 2.13. The van der Waals surface area contributed by atoms with Crippen LogP contribution in [-0.4, -0.2) is 26.2 Å². The van der Waals surface area contributed by atoms with Gasteiger partial charge in [-0.2, -0.15) is 5.10 Å². The second-order valence-electron chi connectivity index (χ2n) is 3.79. The van der Waals surface area contributed by atoms with Gasteiger partial charge in [0.15, 0.2) is 0 Å². The zero-order chi connectivity index (χ0) is 13.0. The zero-order valence-corrected chi connectivity index (χ0v) is 9.91. The van der Waals surface area contributed by atoms with E-state index in [-0.39, 0.29) is 5.82 Å². The van der Waals surface area contributed by atoms with Gasteiger partial charge in [-0.05, 0) is 28.1 Å². The molecule has 0 bridgehead atoms. The molecular weight excluding hydrogens is 234 g/mol. The number of pyridine rings is 1. The molecule has 0 saturated heterocycles. The van der Waals surface area contributed by atoms with Gasteiger partial charge in [0.05, 0.1) is 5.69 Å². The zero-order valence-electron chi connectivity index (χ0n) is 9.91. The third kappa shape index (κ3) is 2.82. The molecule has 0 aliphatic rings. The first-order chi connectivity index (χ1) is 8.66. The Morgan fingerprint density at radius 3 is 3.00 bits per heavy atom. The van der Waals surface area contributed by atoms with E-state index in [2.05, 4.69) is 15.4 Å². The van der Waals surface area contributed by atoms with Crippen molar-refractivity contribution in [1.82, 2.24) is 14.8 Å². The molecule has 0 radical (unpaired) electrons. The summed E-state index contributed by atoms with van der Waals surface area (Å²) in [6, 6.07) is 5.22. The van der Waals surface area contributed by atoms with Crippen LogP contribution in [0.15, 0.2) is 30.6 Å². The first kappa shape index (κ1) is 12.0. The predicted octanol–water partition coefficient (Wildman–Crippen LogP) is 1.38. The molecule has 2 heterocycles. The largest absolute Gasteiger partial charge is 0.386 e. The maximum absolute atomic E-state index is 10.7.